The molecule has 0 fully saturated rings. The molecule has 1 rings (SSSR count). The molecule has 0 radical (unpaired) electrons. The van der Waals surface area contributed by atoms with E-state index >= 15 is 0 Å². The van der Waals surface area contributed by atoms with E-state index in [-0.39, 0.29) is 0 Å². The highest BCUT2D eigenvalue weighted by Crippen LogP contribution is 2.00. The molecule has 11 heavy (non-hydrogen) atoms. The van der Waals surface area contributed by atoms with Crippen LogP contribution in [-0.4, -0.2) is 18.1 Å². The first-order valence-corrected chi connectivity index (χ1v) is 4.39. The second-order valence-electron chi connectivity index (χ2n) is 2.11. The van der Waals surface area contributed by atoms with E-state index in [0.717, 1.165) is 18.7 Å². The van der Waals surface area contributed by atoms with Crippen LogP contribution < -0.4 is 5.32 Å². The monoisotopic (exact) mass is 166 g/mol. The Labute approximate surface area is 70.7 Å². The van der Waals surface area contributed by atoms with Gasteiger partial charge in [0.2, 0.25) is 0 Å². The lowest BCUT2D eigenvalue weighted by Crippen LogP contribution is -2.17. The van der Waals surface area contributed by atoms with Crippen LogP contribution in [0.25, 0.3) is 0 Å². The van der Waals surface area contributed by atoms with Gasteiger partial charge < -0.3 is 5.32 Å². The van der Waals surface area contributed by atoms with Crippen molar-refractivity contribution < 1.29 is 0 Å². The van der Waals surface area contributed by atoms with Crippen LogP contribution in [0.3, 0.4) is 0 Å². The van der Waals surface area contributed by atoms with E-state index < -0.39 is 0 Å². The van der Waals surface area contributed by atoms with Gasteiger partial charge in [0.05, 0.1) is 17.7 Å². The molecule has 2 nitrogen and oxygen atoms in total. The fourth-order valence-corrected chi connectivity index (χ4v) is 1.33. The molecule has 0 aromatic carbocycles. The number of nitrogens with zero attached hydrogens (tertiary/aromatic N) is 1. The highest BCUT2D eigenvalue weighted by molar-refractivity contribution is 7.07. The summed E-state index contributed by atoms with van der Waals surface area (Å²) in [6.07, 6.45) is 6.03. The lowest BCUT2D eigenvalue weighted by molar-refractivity contribution is 0.744. The van der Waals surface area contributed by atoms with Crippen LogP contribution in [0.4, 0.5) is 0 Å². The Bertz CT molecular complexity index is 223. The highest BCUT2D eigenvalue weighted by Gasteiger charge is 1.92. The largest absolute Gasteiger partial charge is 0.306 e. The minimum atomic E-state index is 0.643. The third-order valence-electron chi connectivity index (χ3n) is 1.27. The Morgan fingerprint density at radius 3 is 3.27 bits per heavy atom. The zero-order chi connectivity index (χ0) is 7.94. The Balaban J connectivity index is 2.10. The Hall–Kier alpha value is -0.850. The zero-order valence-electron chi connectivity index (χ0n) is 6.21. The second kappa shape index (κ2) is 4.89. The number of nitrogens with one attached hydrogen (secondary N) is 1. The molecule has 1 aromatic heterocycles. The summed E-state index contributed by atoms with van der Waals surface area (Å²) in [7, 11) is 0. The smallest absolute Gasteiger partial charge is 0.0794 e. The predicted octanol–water partition coefficient (Wildman–Crippen LogP) is 0.908. The van der Waals surface area contributed by atoms with Crippen molar-refractivity contribution in [2.24, 2.45) is 0 Å². The molecule has 0 atom stereocenters. The molecule has 0 spiro atoms. The summed E-state index contributed by atoms with van der Waals surface area (Å²) in [6, 6.07) is 0. The molecule has 0 aliphatic rings. The van der Waals surface area contributed by atoms with Crippen LogP contribution in [0.15, 0.2) is 10.9 Å². The van der Waals surface area contributed by atoms with Gasteiger partial charge in [-0.15, -0.1) is 17.8 Å². The van der Waals surface area contributed by atoms with Crippen molar-refractivity contribution in [3.8, 4) is 12.3 Å². The van der Waals surface area contributed by atoms with Gasteiger partial charge in [-0.3, -0.25) is 0 Å². The van der Waals surface area contributed by atoms with E-state index in [1.54, 1.807) is 11.3 Å². The molecular weight excluding hydrogens is 156 g/mol. The first-order valence-electron chi connectivity index (χ1n) is 3.44. The minimum Gasteiger partial charge on any atom is -0.306 e. The van der Waals surface area contributed by atoms with Gasteiger partial charge in [-0.1, -0.05) is 5.92 Å². The van der Waals surface area contributed by atoms with Gasteiger partial charge in [0.25, 0.3) is 0 Å². The van der Waals surface area contributed by atoms with Gasteiger partial charge in [0.15, 0.2) is 0 Å². The first-order chi connectivity index (χ1) is 5.43. The minimum absolute atomic E-state index is 0.643. The molecule has 0 amide bonds. The second-order valence-corrected chi connectivity index (χ2v) is 2.83. The maximum atomic E-state index is 5.06. The summed E-state index contributed by atoms with van der Waals surface area (Å²) in [4.78, 5) is 4.14. The van der Waals surface area contributed by atoms with E-state index in [1.165, 1.54) is 0 Å². The lowest BCUT2D eigenvalue weighted by atomic mass is 10.3. The number of thiazole rings is 1. The van der Waals surface area contributed by atoms with Crippen molar-refractivity contribution in [1.82, 2.24) is 10.3 Å². The summed E-state index contributed by atoms with van der Waals surface area (Å²) >= 11 is 1.62. The van der Waals surface area contributed by atoms with Crippen molar-refractivity contribution in [3.63, 3.8) is 0 Å². The van der Waals surface area contributed by atoms with Crippen molar-refractivity contribution in [3.05, 3.63) is 16.6 Å². The fourth-order valence-electron chi connectivity index (χ4n) is 0.738. The molecule has 0 bridgehead atoms. The third kappa shape index (κ3) is 3.17. The van der Waals surface area contributed by atoms with Crippen molar-refractivity contribution in [2.75, 3.05) is 13.1 Å². The average Bonchev–Trinajstić information content (AvgIpc) is 2.50. The van der Waals surface area contributed by atoms with Crippen molar-refractivity contribution in [2.45, 2.75) is 6.42 Å². The molecule has 3 heteroatoms. The van der Waals surface area contributed by atoms with Crippen LogP contribution in [0.5, 0.6) is 0 Å². The maximum absolute atomic E-state index is 5.06. The summed E-state index contributed by atoms with van der Waals surface area (Å²) in [6.45, 7) is 1.55. The summed E-state index contributed by atoms with van der Waals surface area (Å²) < 4.78 is 0. The molecule has 0 saturated heterocycles. The number of terminal acetylenes is 1. The average molecular weight is 166 g/mol. The fraction of sp³-hybridized carbons (Fsp3) is 0.375. The van der Waals surface area contributed by atoms with Gasteiger partial charge >= 0.3 is 0 Å². The highest BCUT2D eigenvalue weighted by atomic mass is 32.1. The molecule has 0 saturated carbocycles. The molecule has 0 aliphatic heterocycles. The summed E-state index contributed by atoms with van der Waals surface area (Å²) in [5, 5.41) is 5.15. The predicted molar refractivity (Wildman–Crippen MR) is 47.5 cm³/mol. The number of hydrogen-bond donors (Lipinski definition) is 1. The number of aromatic nitrogens is 1. The van der Waals surface area contributed by atoms with Crippen LogP contribution in [0.1, 0.15) is 5.69 Å². The Morgan fingerprint density at radius 1 is 1.73 bits per heavy atom. The van der Waals surface area contributed by atoms with E-state index in [4.69, 9.17) is 6.42 Å². The van der Waals surface area contributed by atoms with Gasteiger partial charge in [-0.2, -0.15) is 0 Å². The number of hydrogen-bond acceptors (Lipinski definition) is 3. The Morgan fingerprint density at radius 2 is 2.64 bits per heavy atom. The standard InChI is InChI=1S/C8H10N2S/c1-2-4-9-5-3-8-6-11-7-10-8/h1,6-7,9H,3-5H2. The molecule has 1 heterocycles. The van der Waals surface area contributed by atoms with Crippen LogP contribution in [-0.2, 0) is 6.42 Å². The van der Waals surface area contributed by atoms with Gasteiger partial charge in [-0.05, 0) is 0 Å². The quantitative estimate of drug-likeness (QED) is 0.531. The van der Waals surface area contributed by atoms with Crippen molar-refractivity contribution >= 4 is 11.3 Å². The number of rotatable bonds is 4. The third-order valence-corrected chi connectivity index (χ3v) is 1.90. The zero-order valence-corrected chi connectivity index (χ0v) is 7.03. The van der Waals surface area contributed by atoms with Crippen LogP contribution in [0, 0.1) is 12.3 Å². The van der Waals surface area contributed by atoms with E-state index in [9.17, 15) is 0 Å². The molecule has 1 aromatic rings. The Kier molecular flexibility index (Phi) is 3.67. The normalized spacial score (nSPS) is 9.36. The van der Waals surface area contributed by atoms with Crippen LogP contribution >= 0.6 is 11.3 Å². The van der Waals surface area contributed by atoms with E-state index in [2.05, 4.69) is 21.6 Å². The van der Waals surface area contributed by atoms with Crippen LogP contribution in [0.2, 0.25) is 0 Å². The van der Waals surface area contributed by atoms with Gasteiger partial charge in [0.1, 0.15) is 0 Å². The molecule has 0 aliphatic carbocycles. The molecule has 0 unspecified atom stereocenters. The van der Waals surface area contributed by atoms with Crippen molar-refractivity contribution in [1.29, 1.82) is 0 Å². The van der Waals surface area contributed by atoms with Gasteiger partial charge in [-0.25, -0.2) is 4.98 Å². The lowest BCUT2D eigenvalue weighted by Gasteiger charge is -1.96. The van der Waals surface area contributed by atoms with E-state index in [1.807, 2.05) is 5.51 Å². The maximum Gasteiger partial charge on any atom is 0.0794 e. The molecular formula is C8H10N2S. The summed E-state index contributed by atoms with van der Waals surface area (Å²) in [5.74, 6) is 2.52. The van der Waals surface area contributed by atoms with E-state index in [0.29, 0.717) is 6.54 Å². The molecule has 58 valence electrons. The topological polar surface area (TPSA) is 24.9 Å². The summed E-state index contributed by atoms with van der Waals surface area (Å²) in [5.41, 5.74) is 2.98. The first kappa shape index (κ1) is 8.25. The molecule has 1 N–H and O–H groups in total. The SMILES string of the molecule is C#CCNCCc1cscn1. The van der Waals surface area contributed by atoms with Gasteiger partial charge in [0, 0.05) is 18.3 Å².